The second kappa shape index (κ2) is 4.97. The number of hydrogen-bond acceptors (Lipinski definition) is 3. The summed E-state index contributed by atoms with van der Waals surface area (Å²) in [5, 5.41) is 4.29. The van der Waals surface area contributed by atoms with E-state index in [0.717, 1.165) is 22.2 Å². The number of nitrogens with zero attached hydrogens (tertiary/aromatic N) is 1. The number of nitrogens with one attached hydrogen (secondary N) is 1. The summed E-state index contributed by atoms with van der Waals surface area (Å²) in [6.45, 7) is 6.12. The van der Waals surface area contributed by atoms with Crippen LogP contribution in [0.5, 0.6) is 0 Å². The molecule has 0 fully saturated rings. The van der Waals surface area contributed by atoms with E-state index in [1.54, 1.807) is 13.8 Å². The Hall–Kier alpha value is -1.94. The van der Waals surface area contributed by atoms with Gasteiger partial charge in [0.05, 0.1) is 11.1 Å². The summed E-state index contributed by atoms with van der Waals surface area (Å²) < 4.78 is 0. The lowest BCUT2D eigenvalue weighted by Crippen LogP contribution is -2.50. The standard InChI is InChI=1S/C15H19N3O/c1-10-8-11(9-17-15(2,3)14(16)19)12-6-4-5-7-13(12)18-10/h4-8,17H,9H2,1-3H3,(H2,16,19). The van der Waals surface area contributed by atoms with E-state index in [1.807, 2.05) is 37.3 Å². The number of fused-ring (bicyclic) bond motifs is 1. The number of primary amides is 1. The van der Waals surface area contributed by atoms with Gasteiger partial charge in [0.1, 0.15) is 0 Å². The zero-order chi connectivity index (χ0) is 14.0. The van der Waals surface area contributed by atoms with Gasteiger partial charge in [0.25, 0.3) is 0 Å². The molecule has 100 valence electrons. The van der Waals surface area contributed by atoms with Crippen LogP contribution in [0.4, 0.5) is 0 Å². The highest BCUT2D eigenvalue weighted by Gasteiger charge is 2.23. The summed E-state index contributed by atoms with van der Waals surface area (Å²) in [5.41, 5.74) is 7.70. The number of benzene rings is 1. The third-order valence-electron chi connectivity index (χ3n) is 3.27. The van der Waals surface area contributed by atoms with E-state index < -0.39 is 5.54 Å². The van der Waals surface area contributed by atoms with E-state index in [0.29, 0.717) is 6.54 Å². The van der Waals surface area contributed by atoms with E-state index in [4.69, 9.17) is 5.73 Å². The van der Waals surface area contributed by atoms with Gasteiger partial charge in [-0.15, -0.1) is 0 Å². The highest BCUT2D eigenvalue weighted by molar-refractivity contribution is 5.84. The lowest BCUT2D eigenvalue weighted by atomic mass is 10.0. The first-order chi connectivity index (χ1) is 8.90. The van der Waals surface area contributed by atoms with Crippen molar-refractivity contribution >= 4 is 16.8 Å². The molecule has 0 spiro atoms. The zero-order valence-corrected chi connectivity index (χ0v) is 11.5. The van der Waals surface area contributed by atoms with E-state index >= 15 is 0 Å². The van der Waals surface area contributed by atoms with E-state index in [1.165, 1.54) is 0 Å². The fourth-order valence-corrected chi connectivity index (χ4v) is 1.94. The van der Waals surface area contributed by atoms with Crippen LogP contribution in [-0.2, 0) is 11.3 Å². The summed E-state index contributed by atoms with van der Waals surface area (Å²) >= 11 is 0. The number of amides is 1. The Morgan fingerprint density at radius 3 is 2.74 bits per heavy atom. The number of nitrogens with two attached hydrogens (primary N) is 1. The number of hydrogen-bond donors (Lipinski definition) is 2. The van der Waals surface area contributed by atoms with Crippen molar-refractivity contribution in [2.45, 2.75) is 32.9 Å². The summed E-state index contributed by atoms with van der Waals surface area (Å²) in [6.07, 6.45) is 0. The van der Waals surface area contributed by atoms with E-state index in [9.17, 15) is 4.79 Å². The van der Waals surface area contributed by atoms with Crippen molar-refractivity contribution in [1.29, 1.82) is 0 Å². The number of pyridine rings is 1. The molecule has 0 unspecified atom stereocenters. The quantitative estimate of drug-likeness (QED) is 0.879. The van der Waals surface area contributed by atoms with Crippen molar-refractivity contribution in [2.24, 2.45) is 5.73 Å². The third-order valence-corrected chi connectivity index (χ3v) is 3.27. The molecule has 1 aromatic carbocycles. The number of aromatic nitrogens is 1. The maximum atomic E-state index is 11.3. The molecule has 2 aromatic rings. The fourth-order valence-electron chi connectivity index (χ4n) is 1.94. The van der Waals surface area contributed by atoms with Crippen LogP contribution in [0, 0.1) is 6.92 Å². The van der Waals surface area contributed by atoms with Gasteiger partial charge in [0, 0.05) is 17.6 Å². The topological polar surface area (TPSA) is 68.0 Å². The van der Waals surface area contributed by atoms with Crippen LogP contribution in [0.15, 0.2) is 30.3 Å². The molecule has 19 heavy (non-hydrogen) atoms. The lowest BCUT2D eigenvalue weighted by Gasteiger charge is -2.22. The predicted octanol–water partition coefficient (Wildman–Crippen LogP) is 1.90. The Balaban J connectivity index is 2.33. The second-order valence-corrected chi connectivity index (χ2v) is 5.28. The Morgan fingerprint density at radius 1 is 1.37 bits per heavy atom. The summed E-state index contributed by atoms with van der Waals surface area (Å²) in [4.78, 5) is 15.8. The van der Waals surface area contributed by atoms with Crippen molar-refractivity contribution in [1.82, 2.24) is 10.3 Å². The van der Waals surface area contributed by atoms with Crippen LogP contribution in [0.1, 0.15) is 25.1 Å². The van der Waals surface area contributed by atoms with Crippen LogP contribution in [-0.4, -0.2) is 16.4 Å². The maximum absolute atomic E-state index is 11.3. The molecule has 4 nitrogen and oxygen atoms in total. The fraction of sp³-hybridized carbons (Fsp3) is 0.333. The van der Waals surface area contributed by atoms with Gasteiger partial charge in [0.2, 0.25) is 5.91 Å². The Bertz CT molecular complexity index is 620. The van der Waals surface area contributed by atoms with Gasteiger partial charge >= 0.3 is 0 Å². The molecule has 0 aliphatic rings. The minimum Gasteiger partial charge on any atom is -0.368 e. The number of carbonyl (C=O) groups is 1. The molecule has 3 N–H and O–H groups in total. The first-order valence-electron chi connectivity index (χ1n) is 6.30. The zero-order valence-electron chi connectivity index (χ0n) is 11.5. The number of carbonyl (C=O) groups excluding carboxylic acids is 1. The number of para-hydroxylation sites is 1. The lowest BCUT2D eigenvalue weighted by molar-refractivity contribution is -0.123. The molecule has 1 heterocycles. The molecule has 0 atom stereocenters. The Morgan fingerprint density at radius 2 is 2.05 bits per heavy atom. The molecular formula is C15H19N3O. The van der Waals surface area contributed by atoms with Crippen LogP contribution < -0.4 is 11.1 Å². The van der Waals surface area contributed by atoms with Gasteiger partial charge in [-0.25, -0.2) is 0 Å². The van der Waals surface area contributed by atoms with Crippen molar-refractivity contribution in [3.63, 3.8) is 0 Å². The highest BCUT2D eigenvalue weighted by atomic mass is 16.1. The third kappa shape index (κ3) is 2.90. The molecule has 0 bridgehead atoms. The molecule has 1 aromatic heterocycles. The van der Waals surface area contributed by atoms with Crippen molar-refractivity contribution < 1.29 is 4.79 Å². The van der Waals surface area contributed by atoms with Crippen LogP contribution in [0.25, 0.3) is 10.9 Å². The highest BCUT2D eigenvalue weighted by Crippen LogP contribution is 2.18. The van der Waals surface area contributed by atoms with Gasteiger partial charge in [0.15, 0.2) is 0 Å². The van der Waals surface area contributed by atoms with Gasteiger partial charge in [-0.1, -0.05) is 18.2 Å². The molecule has 0 saturated heterocycles. The first-order valence-corrected chi connectivity index (χ1v) is 6.30. The monoisotopic (exact) mass is 257 g/mol. The smallest absolute Gasteiger partial charge is 0.237 e. The number of aryl methyl sites for hydroxylation is 1. The molecule has 0 aliphatic heterocycles. The van der Waals surface area contributed by atoms with E-state index in [-0.39, 0.29) is 5.91 Å². The largest absolute Gasteiger partial charge is 0.368 e. The first kappa shape index (κ1) is 13.5. The molecule has 0 saturated carbocycles. The van der Waals surface area contributed by atoms with Crippen LogP contribution >= 0.6 is 0 Å². The predicted molar refractivity (Wildman–Crippen MR) is 76.6 cm³/mol. The van der Waals surface area contributed by atoms with Crippen molar-refractivity contribution in [3.8, 4) is 0 Å². The SMILES string of the molecule is Cc1cc(CNC(C)(C)C(N)=O)c2ccccc2n1. The van der Waals surface area contributed by atoms with Gasteiger partial charge in [-0.2, -0.15) is 0 Å². The average Bonchev–Trinajstić information content (AvgIpc) is 2.35. The molecule has 0 radical (unpaired) electrons. The van der Waals surface area contributed by atoms with Gasteiger partial charge in [-0.3, -0.25) is 15.1 Å². The van der Waals surface area contributed by atoms with Crippen molar-refractivity contribution in [3.05, 3.63) is 41.6 Å². The summed E-state index contributed by atoms with van der Waals surface area (Å²) in [5.74, 6) is -0.359. The summed E-state index contributed by atoms with van der Waals surface area (Å²) in [7, 11) is 0. The second-order valence-electron chi connectivity index (χ2n) is 5.28. The molecule has 4 heteroatoms. The van der Waals surface area contributed by atoms with Crippen LogP contribution in [0.2, 0.25) is 0 Å². The van der Waals surface area contributed by atoms with Gasteiger partial charge in [-0.05, 0) is 38.5 Å². The summed E-state index contributed by atoms with van der Waals surface area (Å²) in [6, 6.07) is 10.0. The maximum Gasteiger partial charge on any atom is 0.237 e. The van der Waals surface area contributed by atoms with Gasteiger partial charge < -0.3 is 5.73 Å². The molecular weight excluding hydrogens is 238 g/mol. The molecule has 1 amide bonds. The minimum atomic E-state index is -0.724. The average molecular weight is 257 g/mol. The minimum absolute atomic E-state index is 0.359. The molecule has 2 rings (SSSR count). The van der Waals surface area contributed by atoms with E-state index in [2.05, 4.69) is 10.3 Å². The van der Waals surface area contributed by atoms with Crippen molar-refractivity contribution in [2.75, 3.05) is 0 Å². The Labute approximate surface area is 113 Å². The number of rotatable bonds is 4. The Kier molecular flexibility index (Phi) is 3.53. The molecule has 0 aliphatic carbocycles. The van der Waals surface area contributed by atoms with Crippen LogP contribution in [0.3, 0.4) is 0 Å². The normalized spacial score (nSPS) is 11.7.